The predicted molar refractivity (Wildman–Crippen MR) is 98.6 cm³/mol. The summed E-state index contributed by atoms with van der Waals surface area (Å²) in [6, 6.07) is 5.43. The number of ether oxygens (including phenoxy) is 2. The van der Waals surface area contributed by atoms with Gasteiger partial charge >= 0.3 is 0 Å². The molecule has 7 nitrogen and oxygen atoms in total. The fraction of sp³-hybridized carbons (Fsp3) is 0.263. The lowest BCUT2D eigenvalue weighted by molar-refractivity contribution is 0.0834. The lowest BCUT2D eigenvalue weighted by Crippen LogP contribution is -2.23. The predicted octanol–water partition coefficient (Wildman–Crippen LogP) is 2.72. The SMILES string of the molecule is C/C=C(\C=N/C)N1Cc2nc(-c3cnc(OC)c(OC)c3)ccc2C1=O. The molecule has 2 aromatic heterocycles. The summed E-state index contributed by atoms with van der Waals surface area (Å²) in [4.78, 5) is 27.2. The molecule has 0 saturated carbocycles. The maximum Gasteiger partial charge on any atom is 0.260 e. The van der Waals surface area contributed by atoms with Gasteiger partial charge in [0.15, 0.2) is 5.75 Å². The van der Waals surface area contributed by atoms with Crippen molar-refractivity contribution >= 4 is 12.1 Å². The molecule has 3 rings (SSSR count). The largest absolute Gasteiger partial charge is 0.491 e. The van der Waals surface area contributed by atoms with Gasteiger partial charge in [-0.3, -0.25) is 14.8 Å². The second kappa shape index (κ2) is 7.35. The van der Waals surface area contributed by atoms with E-state index in [0.29, 0.717) is 23.7 Å². The Hall–Kier alpha value is -3.22. The van der Waals surface area contributed by atoms with Crippen molar-refractivity contribution in [1.82, 2.24) is 14.9 Å². The van der Waals surface area contributed by atoms with E-state index in [9.17, 15) is 4.79 Å². The number of rotatable bonds is 5. The molecule has 0 N–H and O–H groups in total. The molecule has 7 heteroatoms. The van der Waals surface area contributed by atoms with E-state index in [1.807, 2.05) is 25.1 Å². The molecule has 26 heavy (non-hydrogen) atoms. The van der Waals surface area contributed by atoms with E-state index < -0.39 is 0 Å². The quantitative estimate of drug-likeness (QED) is 0.773. The highest BCUT2D eigenvalue weighted by atomic mass is 16.5. The molecule has 2 aromatic rings. The average Bonchev–Trinajstić information content (AvgIpc) is 3.01. The Morgan fingerprint density at radius 1 is 1.31 bits per heavy atom. The first-order chi connectivity index (χ1) is 12.6. The number of allylic oxidation sites excluding steroid dienone is 2. The first-order valence-electron chi connectivity index (χ1n) is 8.11. The Morgan fingerprint density at radius 2 is 2.12 bits per heavy atom. The van der Waals surface area contributed by atoms with Crippen molar-refractivity contribution in [3.63, 3.8) is 0 Å². The van der Waals surface area contributed by atoms with Crippen molar-refractivity contribution in [2.75, 3.05) is 21.3 Å². The molecule has 0 saturated heterocycles. The number of carbonyl (C=O) groups excluding carboxylic acids is 1. The van der Waals surface area contributed by atoms with Crippen LogP contribution in [0.1, 0.15) is 23.0 Å². The molecule has 1 aliphatic rings. The van der Waals surface area contributed by atoms with Crippen molar-refractivity contribution < 1.29 is 14.3 Å². The van der Waals surface area contributed by atoms with Gasteiger partial charge in [0.25, 0.3) is 11.8 Å². The molecule has 1 amide bonds. The van der Waals surface area contributed by atoms with Crippen molar-refractivity contribution in [1.29, 1.82) is 0 Å². The Morgan fingerprint density at radius 3 is 2.77 bits per heavy atom. The third kappa shape index (κ3) is 3.03. The number of aromatic nitrogens is 2. The maximum absolute atomic E-state index is 12.6. The highest BCUT2D eigenvalue weighted by Gasteiger charge is 2.30. The molecule has 0 spiro atoms. The van der Waals surface area contributed by atoms with Crippen LogP contribution < -0.4 is 9.47 Å². The smallest absolute Gasteiger partial charge is 0.260 e. The highest BCUT2D eigenvalue weighted by Crippen LogP contribution is 2.31. The molecule has 3 heterocycles. The summed E-state index contributed by atoms with van der Waals surface area (Å²) >= 11 is 0. The van der Waals surface area contributed by atoms with Gasteiger partial charge in [-0.1, -0.05) is 6.08 Å². The maximum atomic E-state index is 12.6. The lowest BCUT2D eigenvalue weighted by Gasteiger charge is -2.15. The monoisotopic (exact) mass is 352 g/mol. The minimum atomic E-state index is -0.0718. The van der Waals surface area contributed by atoms with E-state index in [0.717, 1.165) is 22.6 Å². The zero-order valence-corrected chi connectivity index (χ0v) is 15.2. The molecule has 0 bridgehead atoms. The number of methoxy groups -OCH3 is 2. The minimum absolute atomic E-state index is 0.0718. The van der Waals surface area contributed by atoms with Gasteiger partial charge in [-0.05, 0) is 25.1 Å². The molecular weight excluding hydrogens is 332 g/mol. The Labute approximate surface area is 152 Å². The summed E-state index contributed by atoms with van der Waals surface area (Å²) in [6.45, 7) is 2.29. The van der Waals surface area contributed by atoms with Gasteiger partial charge < -0.3 is 14.4 Å². The zero-order valence-electron chi connectivity index (χ0n) is 15.2. The third-order valence-electron chi connectivity index (χ3n) is 4.15. The van der Waals surface area contributed by atoms with E-state index in [2.05, 4.69) is 15.0 Å². The molecular formula is C19H20N4O3. The number of aliphatic imine (C=N–C) groups is 1. The highest BCUT2D eigenvalue weighted by molar-refractivity contribution is 6.02. The van der Waals surface area contributed by atoms with Crippen LogP contribution in [0.2, 0.25) is 0 Å². The van der Waals surface area contributed by atoms with Crippen LogP contribution in [0.4, 0.5) is 0 Å². The van der Waals surface area contributed by atoms with Crippen LogP contribution in [-0.4, -0.2) is 48.3 Å². The van der Waals surface area contributed by atoms with Gasteiger partial charge in [-0.15, -0.1) is 0 Å². The summed E-state index contributed by atoms with van der Waals surface area (Å²) < 4.78 is 10.5. The van der Waals surface area contributed by atoms with Gasteiger partial charge in [0, 0.05) is 25.0 Å². The van der Waals surface area contributed by atoms with Crippen molar-refractivity contribution in [3.8, 4) is 22.9 Å². The van der Waals surface area contributed by atoms with E-state index in [1.54, 1.807) is 37.5 Å². The van der Waals surface area contributed by atoms with Crippen LogP contribution in [-0.2, 0) is 6.54 Å². The molecule has 0 aromatic carbocycles. The van der Waals surface area contributed by atoms with Crippen molar-refractivity contribution in [2.45, 2.75) is 13.5 Å². The first-order valence-corrected chi connectivity index (χ1v) is 8.11. The number of hydrogen-bond donors (Lipinski definition) is 0. The van der Waals surface area contributed by atoms with E-state index >= 15 is 0 Å². The fourth-order valence-corrected chi connectivity index (χ4v) is 2.86. The number of hydrogen-bond acceptors (Lipinski definition) is 6. The fourth-order valence-electron chi connectivity index (χ4n) is 2.86. The number of pyridine rings is 2. The van der Waals surface area contributed by atoms with Crippen LogP contribution in [0, 0.1) is 0 Å². The summed E-state index contributed by atoms with van der Waals surface area (Å²) in [6.07, 6.45) is 5.20. The van der Waals surface area contributed by atoms with E-state index in [-0.39, 0.29) is 5.91 Å². The van der Waals surface area contributed by atoms with Crippen LogP contribution in [0.3, 0.4) is 0 Å². The number of fused-ring (bicyclic) bond motifs is 1. The van der Waals surface area contributed by atoms with Gasteiger partial charge in [-0.2, -0.15) is 0 Å². The van der Waals surface area contributed by atoms with Gasteiger partial charge in [-0.25, -0.2) is 4.98 Å². The number of amides is 1. The summed E-state index contributed by atoms with van der Waals surface area (Å²) in [5.41, 5.74) is 3.60. The minimum Gasteiger partial charge on any atom is -0.491 e. The van der Waals surface area contributed by atoms with E-state index in [1.165, 1.54) is 7.11 Å². The van der Waals surface area contributed by atoms with Crippen LogP contribution in [0.15, 0.2) is 41.2 Å². The molecule has 0 aliphatic carbocycles. The number of nitrogens with zero attached hydrogens (tertiary/aromatic N) is 4. The van der Waals surface area contributed by atoms with Gasteiger partial charge in [0.2, 0.25) is 0 Å². The Bertz CT molecular complexity index is 906. The number of carbonyl (C=O) groups is 1. The lowest BCUT2D eigenvalue weighted by atomic mass is 10.1. The topological polar surface area (TPSA) is 76.9 Å². The van der Waals surface area contributed by atoms with Crippen LogP contribution >= 0.6 is 0 Å². The second-order valence-corrected chi connectivity index (χ2v) is 5.62. The summed E-state index contributed by atoms with van der Waals surface area (Å²) in [7, 11) is 4.78. The summed E-state index contributed by atoms with van der Waals surface area (Å²) in [5.74, 6) is 0.869. The molecule has 0 fully saturated rings. The van der Waals surface area contributed by atoms with Crippen LogP contribution in [0.25, 0.3) is 11.3 Å². The summed E-state index contributed by atoms with van der Waals surface area (Å²) in [5, 5.41) is 0. The normalized spacial score (nSPS) is 14.1. The molecule has 0 atom stereocenters. The Balaban J connectivity index is 1.96. The Kier molecular flexibility index (Phi) is 4.97. The molecule has 0 unspecified atom stereocenters. The third-order valence-corrected chi connectivity index (χ3v) is 4.15. The van der Waals surface area contributed by atoms with Crippen molar-refractivity contribution in [2.24, 2.45) is 4.99 Å². The molecule has 1 aliphatic heterocycles. The first kappa shape index (κ1) is 17.6. The average molecular weight is 352 g/mol. The van der Waals surface area contributed by atoms with Crippen LogP contribution in [0.5, 0.6) is 11.6 Å². The van der Waals surface area contributed by atoms with E-state index in [4.69, 9.17) is 9.47 Å². The van der Waals surface area contributed by atoms with Gasteiger partial charge in [0.1, 0.15) is 0 Å². The van der Waals surface area contributed by atoms with Gasteiger partial charge in [0.05, 0.1) is 43.4 Å². The second-order valence-electron chi connectivity index (χ2n) is 5.62. The molecule has 134 valence electrons. The van der Waals surface area contributed by atoms with Crippen molar-refractivity contribution in [3.05, 3.63) is 47.4 Å². The zero-order chi connectivity index (χ0) is 18.7. The molecule has 0 radical (unpaired) electrons. The standard InChI is InChI=1S/C19H20N4O3/c1-5-13(10-20-2)23-11-16-14(19(23)24)6-7-15(22-16)12-8-17(25-3)18(26-4)21-9-12/h5-10H,11H2,1-4H3/b13-5+,20-10-.